The molecule has 2 aromatic carbocycles. The van der Waals surface area contributed by atoms with E-state index in [1.807, 2.05) is 56.3 Å². The van der Waals surface area contributed by atoms with Gasteiger partial charge < -0.3 is 15.2 Å². The lowest BCUT2D eigenvalue weighted by molar-refractivity contribution is -0.0944. The zero-order valence-electron chi connectivity index (χ0n) is 18.8. The molecule has 0 atom stereocenters. The van der Waals surface area contributed by atoms with Gasteiger partial charge in [-0.1, -0.05) is 36.8 Å². The van der Waals surface area contributed by atoms with E-state index in [-0.39, 0.29) is 11.0 Å². The monoisotopic (exact) mass is 431 g/mol. The van der Waals surface area contributed by atoms with Gasteiger partial charge in [-0.15, -0.1) is 0 Å². The van der Waals surface area contributed by atoms with E-state index in [2.05, 4.69) is 6.92 Å². The molecule has 0 saturated carbocycles. The van der Waals surface area contributed by atoms with E-state index in [1.165, 1.54) is 11.6 Å². The SMILES string of the molecule is CC(=NCC1(C)COC1)c1cc(-n2ccc(OCc3ccc(C)cc3)cc2=O)ccc1N. The van der Waals surface area contributed by atoms with Crippen LogP contribution in [0.25, 0.3) is 5.69 Å². The minimum Gasteiger partial charge on any atom is -0.489 e. The van der Waals surface area contributed by atoms with Crippen LogP contribution in [0.15, 0.2) is 70.6 Å². The lowest BCUT2D eigenvalue weighted by Crippen LogP contribution is -2.42. The molecule has 2 heterocycles. The van der Waals surface area contributed by atoms with Crippen molar-refractivity contribution in [2.75, 3.05) is 25.5 Å². The van der Waals surface area contributed by atoms with E-state index < -0.39 is 0 Å². The number of nitrogens with zero attached hydrogens (tertiary/aromatic N) is 2. The number of anilines is 1. The zero-order chi connectivity index (χ0) is 22.7. The summed E-state index contributed by atoms with van der Waals surface area (Å²) >= 11 is 0. The van der Waals surface area contributed by atoms with Gasteiger partial charge in [0.1, 0.15) is 12.4 Å². The van der Waals surface area contributed by atoms with E-state index in [4.69, 9.17) is 20.2 Å². The largest absolute Gasteiger partial charge is 0.489 e. The number of nitrogen functional groups attached to an aromatic ring is 1. The van der Waals surface area contributed by atoms with Gasteiger partial charge in [0.2, 0.25) is 0 Å². The van der Waals surface area contributed by atoms with Crippen LogP contribution in [0.5, 0.6) is 5.75 Å². The molecule has 2 N–H and O–H groups in total. The minimum absolute atomic E-state index is 0.0962. The number of ether oxygens (including phenoxy) is 2. The Morgan fingerprint density at radius 1 is 1.16 bits per heavy atom. The summed E-state index contributed by atoms with van der Waals surface area (Å²) in [5.41, 5.74) is 11.4. The number of benzene rings is 2. The highest BCUT2D eigenvalue weighted by Gasteiger charge is 2.32. The topological polar surface area (TPSA) is 78.8 Å². The summed E-state index contributed by atoms with van der Waals surface area (Å²) in [6.45, 7) is 8.72. The van der Waals surface area contributed by atoms with Crippen LogP contribution in [0, 0.1) is 12.3 Å². The van der Waals surface area contributed by atoms with Gasteiger partial charge in [-0.3, -0.25) is 14.4 Å². The molecule has 1 aliphatic heterocycles. The maximum Gasteiger partial charge on any atom is 0.258 e. The second-order valence-corrected chi connectivity index (χ2v) is 8.82. The first kappa shape index (κ1) is 21.8. The Morgan fingerprint density at radius 3 is 2.56 bits per heavy atom. The Balaban J connectivity index is 1.51. The molecule has 0 radical (unpaired) electrons. The standard InChI is InChI=1S/C26H29N3O3/c1-18-4-6-20(7-5-18)14-32-22-10-11-29(25(30)13-22)21-8-9-24(27)23(12-21)19(2)28-15-26(3)16-31-17-26/h4-13H,14-17,27H2,1-3H3. The quantitative estimate of drug-likeness (QED) is 0.450. The van der Waals surface area contributed by atoms with Gasteiger partial charge in [-0.05, 0) is 43.7 Å². The molecule has 4 rings (SSSR count). The van der Waals surface area contributed by atoms with Crippen molar-refractivity contribution in [3.05, 3.63) is 87.8 Å². The highest BCUT2D eigenvalue weighted by atomic mass is 16.5. The third-order valence-electron chi connectivity index (χ3n) is 5.72. The van der Waals surface area contributed by atoms with Crippen molar-refractivity contribution in [2.45, 2.75) is 27.4 Å². The molecular formula is C26H29N3O3. The summed E-state index contributed by atoms with van der Waals surface area (Å²) in [7, 11) is 0. The molecule has 0 bridgehead atoms. The van der Waals surface area contributed by atoms with Crippen molar-refractivity contribution in [1.82, 2.24) is 4.57 Å². The molecule has 1 aliphatic rings. The third-order valence-corrected chi connectivity index (χ3v) is 5.72. The Morgan fingerprint density at radius 2 is 1.91 bits per heavy atom. The minimum atomic E-state index is -0.171. The van der Waals surface area contributed by atoms with Gasteiger partial charge in [0, 0.05) is 46.9 Å². The summed E-state index contributed by atoms with van der Waals surface area (Å²) < 4.78 is 12.7. The number of aliphatic imine (C=N–C) groups is 1. The van der Waals surface area contributed by atoms with Gasteiger partial charge in [0.15, 0.2) is 0 Å². The van der Waals surface area contributed by atoms with Crippen LogP contribution in [0.2, 0.25) is 0 Å². The fourth-order valence-electron chi connectivity index (χ4n) is 3.56. The molecule has 0 aliphatic carbocycles. The Labute approximate surface area is 188 Å². The van der Waals surface area contributed by atoms with E-state index in [0.717, 1.165) is 35.7 Å². The van der Waals surface area contributed by atoms with Crippen LogP contribution in [-0.4, -0.2) is 30.0 Å². The second-order valence-electron chi connectivity index (χ2n) is 8.82. The van der Waals surface area contributed by atoms with Crippen molar-refractivity contribution in [3.63, 3.8) is 0 Å². The summed E-state index contributed by atoms with van der Waals surface area (Å²) in [6.07, 6.45) is 1.72. The summed E-state index contributed by atoms with van der Waals surface area (Å²) in [4.78, 5) is 17.5. The molecule has 6 nitrogen and oxygen atoms in total. The first-order chi connectivity index (χ1) is 15.3. The van der Waals surface area contributed by atoms with Crippen LogP contribution in [-0.2, 0) is 11.3 Å². The highest BCUT2D eigenvalue weighted by Crippen LogP contribution is 2.27. The molecule has 3 aromatic rings. The van der Waals surface area contributed by atoms with Crippen LogP contribution < -0.4 is 16.0 Å². The normalized spacial score (nSPS) is 15.3. The number of rotatable bonds is 7. The molecule has 166 valence electrons. The fraction of sp³-hybridized carbons (Fsp3) is 0.308. The van der Waals surface area contributed by atoms with E-state index in [0.29, 0.717) is 24.6 Å². The van der Waals surface area contributed by atoms with Gasteiger partial charge in [0.25, 0.3) is 5.56 Å². The first-order valence-corrected chi connectivity index (χ1v) is 10.7. The number of pyridine rings is 1. The molecule has 0 amide bonds. The number of nitrogens with two attached hydrogens (primary N) is 1. The second kappa shape index (κ2) is 9.01. The molecule has 1 aromatic heterocycles. The summed E-state index contributed by atoms with van der Waals surface area (Å²) in [5, 5.41) is 0. The molecule has 0 unspecified atom stereocenters. The molecule has 1 fully saturated rings. The molecule has 32 heavy (non-hydrogen) atoms. The Bertz CT molecular complexity index is 1190. The van der Waals surface area contributed by atoms with Gasteiger partial charge in [-0.25, -0.2) is 0 Å². The molecular weight excluding hydrogens is 402 g/mol. The smallest absolute Gasteiger partial charge is 0.258 e. The van der Waals surface area contributed by atoms with E-state index >= 15 is 0 Å². The molecule has 6 heteroatoms. The predicted molar refractivity (Wildman–Crippen MR) is 128 cm³/mol. The summed E-state index contributed by atoms with van der Waals surface area (Å²) in [6, 6.07) is 17.0. The van der Waals surface area contributed by atoms with Crippen molar-refractivity contribution in [1.29, 1.82) is 0 Å². The van der Waals surface area contributed by atoms with E-state index in [1.54, 1.807) is 16.8 Å². The maximum absolute atomic E-state index is 12.8. The van der Waals surface area contributed by atoms with Crippen LogP contribution in [0.1, 0.15) is 30.5 Å². The molecule has 1 saturated heterocycles. The number of aromatic nitrogens is 1. The average molecular weight is 432 g/mol. The van der Waals surface area contributed by atoms with Crippen molar-refractivity contribution < 1.29 is 9.47 Å². The van der Waals surface area contributed by atoms with Crippen LogP contribution >= 0.6 is 0 Å². The zero-order valence-corrected chi connectivity index (χ0v) is 18.8. The van der Waals surface area contributed by atoms with Crippen molar-refractivity contribution >= 4 is 11.4 Å². The van der Waals surface area contributed by atoms with Crippen molar-refractivity contribution in [2.24, 2.45) is 10.4 Å². The average Bonchev–Trinajstić information content (AvgIpc) is 2.76. The van der Waals surface area contributed by atoms with Gasteiger partial charge in [-0.2, -0.15) is 0 Å². The van der Waals surface area contributed by atoms with E-state index in [9.17, 15) is 4.79 Å². The first-order valence-electron chi connectivity index (χ1n) is 10.7. The van der Waals surface area contributed by atoms with Crippen LogP contribution in [0.4, 0.5) is 5.69 Å². The van der Waals surface area contributed by atoms with Gasteiger partial charge in [0.05, 0.1) is 13.2 Å². The molecule has 0 spiro atoms. The predicted octanol–water partition coefficient (Wildman–Crippen LogP) is 4.15. The lowest BCUT2D eigenvalue weighted by Gasteiger charge is -2.36. The van der Waals surface area contributed by atoms with Crippen LogP contribution in [0.3, 0.4) is 0 Å². The Hall–Kier alpha value is -3.38. The maximum atomic E-state index is 12.8. The number of aryl methyl sites for hydroxylation is 1. The third kappa shape index (κ3) is 4.92. The fourth-order valence-corrected chi connectivity index (χ4v) is 3.56. The van der Waals surface area contributed by atoms with Crippen molar-refractivity contribution in [3.8, 4) is 11.4 Å². The van der Waals surface area contributed by atoms with Gasteiger partial charge >= 0.3 is 0 Å². The highest BCUT2D eigenvalue weighted by molar-refractivity contribution is 6.03. The Kier molecular flexibility index (Phi) is 6.15. The lowest BCUT2D eigenvalue weighted by atomic mass is 9.89. The number of hydrogen-bond acceptors (Lipinski definition) is 5. The number of hydrogen-bond donors (Lipinski definition) is 1. The summed E-state index contributed by atoms with van der Waals surface area (Å²) in [5.74, 6) is 0.538.